The summed E-state index contributed by atoms with van der Waals surface area (Å²) < 4.78 is 0. The summed E-state index contributed by atoms with van der Waals surface area (Å²) in [6.45, 7) is 0. The number of ketones is 3. The second kappa shape index (κ2) is 8.95. The van der Waals surface area contributed by atoms with Crippen LogP contribution in [0.25, 0.3) is 0 Å². The van der Waals surface area contributed by atoms with Gasteiger partial charge in [0.15, 0.2) is 17.3 Å². The van der Waals surface area contributed by atoms with Gasteiger partial charge in [-0.05, 0) is 43.7 Å². The van der Waals surface area contributed by atoms with Gasteiger partial charge in [-0.3, -0.25) is 24.5 Å². The zero-order valence-electron chi connectivity index (χ0n) is 15.7. The highest BCUT2D eigenvalue weighted by atomic mass is 35.5. The van der Waals surface area contributed by atoms with Gasteiger partial charge in [-0.15, -0.1) is 0 Å². The van der Waals surface area contributed by atoms with E-state index >= 15 is 0 Å². The molecular weight excluding hydrogens is 382 g/mol. The van der Waals surface area contributed by atoms with E-state index in [1.54, 1.807) is 0 Å². The van der Waals surface area contributed by atoms with Crippen molar-refractivity contribution in [2.45, 2.75) is 57.8 Å². The molecule has 2 aliphatic rings. The van der Waals surface area contributed by atoms with Crippen LogP contribution in [0.4, 0.5) is 5.69 Å². The van der Waals surface area contributed by atoms with E-state index in [9.17, 15) is 24.5 Å². The minimum Gasteiger partial charge on any atom is -0.298 e. The zero-order valence-corrected chi connectivity index (χ0v) is 16.5. The van der Waals surface area contributed by atoms with Crippen molar-refractivity contribution < 1.29 is 19.3 Å². The van der Waals surface area contributed by atoms with Crippen LogP contribution in [0.5, 0.6) is 0 Å². The molecule has 2 aliphatic carbocycles. The van der Waals surface area contributed by atoms with Crippen molar-refractivity contribution in [3.8, 4) is 0 Å². The molecule has 0 aromatic heterocycles. The number of hydrogen-bond acceptors (Lipinski definition) is 5. The fourth-order valence-electron chi connectivity index (χ4n) is 4.63. The zero-order chi connectivity index (χ0) is 20.3. The van der Waals surface area contributed by atoms with Crippen LogP contribution in [0, 0.1) is 27.9 Å². The smallest absolute Gasteiger partial charge is 0.281 e. The fraction of sp³-hybridized carbons (Fsp3) is 0.571. The van der Waals surface area contributed by atoms with E-state index in [1.807, 2.05) is 0 Å². The van der Waals surface area contributed by atoms with E-state index in [2.05, 4.69) is 0 Å². The van der Waals surface area contributed by atoms with Gasteiger partial charge in [-0.2, -0.15) is 0 Å². The Hall–Kier alpha value is -2.08. The van der Waals surface area contributed by atoms with Crippen molar-refractivity contribution in [2.24, 2.45) is 17.8 Å². The summed E-state index contributed by atoms with van der Waals surface area (Å²) in [6, 6.07) is 3.70. The lowest BCUT2D eigenvalue weighted by Gasteiger charge is -2.25. The quantitative estimate of drug-likeness (QED) is 0.232. The van der Waals surface area contributed by atoms with Gasteiger partial charge in [0.05, 0.1) is 10.5 Å². The van der Waals surface area contributed by atoms with Crippen molar-refractivity contribution in [2.75, 3.05) is 0 Å². The Labute approximate surface area is 168 Å². The Kier molecular flexibility index (Phi) is 6.60. The highest BCUT2D eigenvalue weighted by Crippen LogP contribution is 2.37. The molecule has 0 spiro atoms. The van der Waals surface area contributed by atoms with E-state index in [-0.39, 0.29) is 34.6 Å². The van der Waals surface area contributed by atoms with Crippen LogP contribution in [-0.2, 0) is 9.59 Å². The average molecular weight is 406 g/mol. The van der Waals surface area contributed by atoms with Gasteiger partial charge in [0, 0.05) is 23.4 Å². The molecule has 0 radical (unpaired) electrons. The lowest BCUT2D eigenvalue weighted by atomic mass is 9.76. The van der Waals surface area contributed by atoms with Crippen LogP contribution in [-0.4, -0.2) is 22.3 Å². The molecule has 0 amide bonds. The molecule has 0 N–H and O–H groups in total. The predicted molar refractivity (Wildman–Crippen MR) is 104 cm³/mol. The molecule has 0 saturated heterocycles. The van der Waals surface area contributed by atoms with Gasteiger partial charge in [0.2, 0.25) is 0 Å². The maximum atomic E-state index is 13.3. The van der Waals surface area contributed by atoms with Crippen molar-refractivity contribution in [3.05, 3.63) is 38.9 Å². The van der Waals surface area contributed by atoms with E-state index < -0.39 is 28.1 Å². The second-order valence-corrected chi connectivity index (χ2v) is 8.27. The molecule has 0 heterocycles. The van der Waals surface area contributed by atoms with Crippen LogP contribution in [0.3, 0.4) is 0 Å². The Morgan fingerprint density at radius 1 is 1.04 bits per heavy atom. The van der Waals surface area contributed by atoms with Crippen LogP contribution >= 0.6 is 11.6 Å². The molecule has 0 aliphatic heterocycles. The first kappa shape index (κ1) is 20.6. The van der Waals surface area contributed by atoms with Gasteiger partial charge in [-0.25, -0.2) is 0 Å². The highest BCUT2D eigenvalue weighted by Gasteiger charge is 2.43. The van der Waals surface area contributed by atoms with E-state index in [1.165, 1.54) is 12.1 Å². The van der Waals surface area contributed by atoms with Crippen LogP contribution in [0.15, 0.2) is 18.2 Å². The SMILES string of the molecule is O=C1CCCC(C2CCCCCC2)C(=O)C1C(=O)c1ccc(Cl)cc1[N+](=O)[O-]. The van der Waals surface area contributed by atoms with Gasteiger partial charge in [0.25, 0.3) is 5.69 Å². The number of halogens is 1. The monoisotopic (exact) mass is 405 g/mol. The number of benzene rings is 1. The standard InChI is InChI=1S/C21H24ClNO5/c22-14-10-11-16(17(12-14)23(27)28)21(26)19-18(24)9-5-8-15(20(19)25)13-6-3-1-2-4-7-13/h10-13,15,19H,1-9H2. The largest absolute Gasteiger partial charge is 0.298 e. The Morgan fingerprint density at radius 2 is 1.71 bits per heavy atom. The van der Waals surface area contributed by atoms with Crippen molar-refractivity contribution in [1.82, 2.24) is 0 Å². The molecule has 0 bridgehead atoms. The third-order valence-electron chi connectivity index (χ3n) is 6.06. The number of rotatable bonds is 4. The molecular formula is C21H24ClNO5. The summed E-state index contributed by atoms with van der Waals surface area (Å²) in [4.78, 5) is 49.7. The number of carbonyl (C=O) groups excluding carboxylic acids is 3. The summed E-state index contributed by atoms with van der Waals surface area (Å²) in [5.41, 5.74) is -0.684. The molecule has 150 valence electrons. The average Bonchev–Trinajstić information content (AvgIpc) is 3.00. The lowest BCUT2D eigenvalue weighted by Crippen LogP contribution is -2.37. The van der Waals surface area contributed by atoms with Crippen LogP contribution in [0.2, 0.25) is 5.02 Å². The Bertz CT molecular complexity index is 798. The molecule has 2 fully saturated rings. The first-order valence-corrected chi connectivity index (χ1v) is 10.3. The molecule has 3 rings (SSSR count). The Morgan fingerprint density at radius 3 is 2.36 bits per heavy atom. The molecule has 6 nitrogen and oxygen atoms in total. The first-order valence-electron chi connectivity index (χ1n) is 9.94. The molecule has 7 heteroatoms. The molecule has 2 unspecified atom stereocenters. The lowest BCUT2D eigenvalue weighted by molar-refractivity contribution is -0.385. The van der Waals surface area contributed by atoms with E-state index in [4.69, 9.17) is 11.6 Å². The summed E-state index contributed by atoms with van der Waals surface area (Å²) in [6.07, 6.45) is 7.64. The molecule has 28 heavy (non-hydrogen) atoms. The third kappa shape index (κ3) is 4.32. The Balaban J connectivity index is 1.94. The van der Waals surface area contributed by atoms with Crippen molar-refractivity contribution >= 4 is 34.6 Å². The number of nitrogens with zero attached hydrogens (tertiary/aromatic N) is 1. The predicted octanol–water partition coefficient (Wildman–Crippen LogP) is 4.96. The molecule has 1 aromatic rings. The topological polar surface area (TPSA) is 94.3 Å². The van der Waals surface area contributed by atoms with Crippen LogP contribution in [0.1, 0.15) is 68.1 Å². The fourth-order valence-corrected chi connectivity index (χ4v) is 4.80. The van der Waals surface area contributed by atoms with Gasteiger partial charge in [0.1, 0.15) is 5.92 Å². The number of Topliss-reactive ketones (excluding diaryl/α,β-unsaturated/α-hetero) is 3. The van der Waals surface area contributed by atoms with Crippen molar-refractivity contribution in [1.29, 1.82) is 0 Å². The molecule has 2 atom stereocenters. The number of carbonyl (C=O) groups is 3. The van der Waals surface area contributed by atoms with Gasteiger partial charge in [-0.1, -0.05) is 37.3 Å². The number of hydrogen-bond donors (Lipinski definition) is 0. The third-order valence-corrected chi connectivity index (χ3v) is 6.30. The van der Waals surface area contributed by atoms with Crippen LogP contribution < -0.4 is 0 Å². The minimum atomic E-state index is -1.43. The van der Waals surface area contributed by atoms with Crippen molar-refractivity contribution in [3.63, 3.8) is 0 Å². The maximum Gasteiger partial charge on any atom is 0.281 e. The van der Waals surface area contributed by atoms with Gasteiger partial charge < -0.3 is 0 Å². The molecule has 2 saturated carbocycles. The highest BCUT2D eigenvalue weighted by molar-refractivity contribution is 6.31. The van der Waals surface area contributed by atoms with Gasteiger partial charge >= 0.3 is 0 Å². The summed E-state index contributed by atoms with van der Waals surface area (Å²) >= 11 is 5.83. The maximum absolute atomic E-state index is 13.3. The summed E-state index contributed by atoms with van der Waals surface area (Å²) in [7, 11) is 0. The minimum absolute atomic E-state index is 0.123. The summed E-state index contributed by atoms with van der Waals surface area (Å²) in [5, 5.41) is 11.5. The first-order chi connectivity index (χ1) is 13.4. The summed E-state index contributed by atoms with van der Waals surface area (Å²) in [5.74, 6) is -3.09. The molecule has 1 aromatic carbocycles. The normalized spacial score (nSPS) is 24.5. The number of nitro benzene ring substituents is 1. The van der Waals surface area contributed by atoms with E-state index in [0.29, 0.717) is 12.8 Å². The second-order valence-electron chi connectivity index (χ2n) is 7.83. The number of nitro groups is 1. The van der Waals surface area contributed by atoms with E-state index in [0.717, 1.165) is 44.6 Å².